The van der Waals surface area contributed by atoms with E-state index in [1.807, 2.05) is 0 Å². The van der Waals surface area contributed by atoms with Crippen LogP contribution >= 0.6 is 0 Å². The quantitative estimate of drug-likeness (QED) is 0.589. The Morgan fingerprint density at radius 1 is 1.69 bits per heavy atom. The van der Waals surface area contributed by atoms with Crippen molar-refractivity contribution in [3.8, 4) is 0 Å². The van der Waals surface area contributed by atoms with Crippen molar-refractivity contribution >= 4 is 16.0 Å². The van der Waals surface area contributed by atoms with Crippen molar-refractivity contribution in [1.29, 1.82) is 0 Å². The molecule has 1 aliphatic rings. The molecule has 0 aromatic heterocycles. The van der Waals surface area contributed by atoms with Crippen LogP contribution in [-0.4, -0.2) is 45.5 Å². The summed E-state index contributed by atoms with van der Waals surface area (Å²) in [4.78, 5) is 9.05. The standard InChI is InChI=1S/C6H12N2O4S/c1-5-7-6(8(2)12-5)4-11-13(3,9)10/h6H,4H2,1-3H3. The van der Waals surface area contributed by atoms with Crippen LogP contribution in [0.3, 0.4) is 0 Å². The van der Waals surface area contributed by atoms with Crippen LogP contribution in [0.1, 0.15) is 6.92 Å². The van der Waals surface area contributed by atoms with Gasteiger partial charge in [-0.1, -0.05) is 0 Å². The van der Waals surface area contributed by atoms with E-state index in [1.165, 1.54) is 5.06 Å². The number of hydrogen-bond donors (Lipinski definition) is 0. The van der Waals surface area contributed by atoms with Gasteiger partial charge in [0.05, 0.1) is 6.26 Å². The van der Waals surface area contributed by atoms with Crippen LogP contribution in [0.15, 0.2) is 4.99 Å². The van der Waals surface area contributed by atoms with E-state index in [0.29, 0.717) is 5.90 Å². The van der Waals surface area contributed by atoms with Gasteiger partial charge in [0.2, 0.25) is 5.90 Å². The van der Waals surface area contributed by atoms with E-state index in [2.05, 4.69) is 9.18 Å². The fourth-order valence-corrected chi connectivity index (χ4v) is 1.28. The van der Waals surface area contributed by atoms with E-state index in [-0.39, 0.29) is 12.8 Å². The Morgan fingerprint density at radius 2 is 2.31 bits per heavy atom. The highest BCUT2D eigenvalue weighted by Gasteiger charge is 2.24. The molecular formula is C6H12N2O4S. The van der Waals surface area contributed by atoms with E-state index in [9.17, 15) is 8.42 Å². The van der Waals surface area contributed by atoms with Crippen LogP contribution in [0.4, 0.5) is 0 Å². The van der Waals surface area contributed by atoms with Crippen molar-refractivity contribution in [1.82, 2.24) is 5.06 Å². The van der Waals surface area contributed by atoms with Gasteiger partial charge in [-0.3, -0.25) is 4.18 Å². The van der Waals surface area contributed by atoms with Gasteiger partial charge in [0, 0.05) is 14.0 Å². The first-order valence-electron chi connectivity index (χ1n) is 3.68. The number of aliphatic imine (C=N–C) groups is 1. The predicted octanol–water partition coefficient (Wildman–Crippen LogP) is -0.416. The smallest absolute Gasteiger partial charge is 0.264 e. The van der Waals surface area contributed by atoms with Gasteiger partial charge in [0.25, 0.3) is 10.1 Å². The molecule has 0 spiro atoms. The number of hydroxylamine groups is 2. The molecule has 0 N–H and O–H groups in total. The second kappa shape index (κ2) is 3.60. The molecule has 6 nitrogen and oxygen atoms in total. The maximum atomic E-state index is 10.6. The number of likely N-dealkylation sites (N-methyl/N-ethyl adjacent to an activating group) is 1. The van der Waals surface area contributed by atoms with Crippen molar-refractivity contribution in [2.75, 3.05) is 19.9 Å². The highest BCUT2D eigenvalue weighted by molar-refractivity contribution is 7.85. The van der Waals surface area contributed by atoms with Crippen LogP contribution in [-0.2, 0) is 19.1 Å². The second-order valence-corrected chi connectivity index (χ2v) is 4.40. The number of nitrogens with zero attached hydrogens (tertiary/aromatic N) is 2. The van der Waals surface area contributed by atoms with Crippen LogP contribution < -0.4 is 0 Å². The van der Waals surface area contributed by atoms with Crippen LogP contribution in [0.5, 0.6) is 0 Å². The third kappa shape index (κ3) is 3.29. The maximum Gasteiger partial charge on any atom is 0.264 e. The molecule has 1 unspecified atom stereocenters. The lowest BCUT2D eigenvalue weighted by Crippen LogP contribution is -2.30. The van der Waals surface area contributed by atoms with Gasteiger partial charge in [0.15, 0.2) is 6.17 Å². The van der Waals surface area contributed by atoms with Gasteiger partial charge >= 0.3 is 0 Å². The van der Waals surface area contributed by atoms with Crippen molar-refractivity contribution < 1.29 is 17.4 Å². The lowest BCUT2D eigenvalue weighted by molar-refractivity contribution is -0.0669. The zero-order chi connectivity index (χ0) is 10.1. The fourth-order valence-electron chi connectivity index (χ4n) is 0.911. The Bertz CT molecular complexity index is 311. The van der Waals surface area contributed by atoms with E-state index in [0.717, 1.165) is 6.26 Å². The van der Waals surface area contributed by atoms with E-state index in [1.54, 1.807) is 14.0 Å². The molecule has 0 saturated carbocycles. The normalized spacial score (nSPS) is 24.2. The third-order valence-electron chi connectivity index (χ3n) is 1.46. The topological polar surface area (TPSA) is 68.2 Å². The molecular weight excluding hydrogens is 196 g/mol. The largest absolute Gasteiger partial charge is 0.389 e. The van der Waals surface area contributed by atoms with Gasteiger partial charge in [-0.2, -0.15) is 8.42 Å². The molecule has 1 aliphatic heterocycles. The lowest BCUT2D eigenvalue weighted by Gasteiger charge is -2.14. The van der Waals surface area contributed by atoms with Gasteiger partial charge in [-0.05, 0) is 0 Å². The van der Waals surface area contributed by atoms with Gasteiger partial charge < -0.3 is 4.84 Å². The molecule has 1 rings (SSSR count). The summed E-state index contributed by atoms with van der Waals surface area (Å²) in [5.74, 6) is 0.504. The first kappa shape index (κ1) is 10.4. The molecule has 0 saturated heterocycles. The number of hydrogen-bond acceptors (Lipinski definition) is 6. The van der Waals surface area contributed by atoms with Crippen LogP contribution in [0.25, 0.3) is 0 Å². The average molecular weight is 208 g/mol. The molecule has 13 heavy (non-hydrogen) atoms. The van der Waals surface area contributed by atoms with Crippen LogP contribution in [0, 0.1) is 0 Å². The first-order chi connectivity index (χ1) is 5.88. The highest BCUT2D eigenvalue weighted by atomic mass is 32.2. The van der Waals surface area contributed by atoms with Gasteiger partial charge in [-0.15, -0.1) is 5.06 Å². The van der Waals surface area contributed by atoms with Gasteiger partial charge in [0.1, 0.15) is 6.61 Å². The highest BCUT2D eigenvalue weighted by Crippen LogP contribution is 2.10. The zero-order valence-corrected chi connectivity index (χ0v) is 8.54. The Morgan fingerprint density at radius 3 is 2.69 bits per heavy atom. The summed E-state index contributed by atoms with van der Waals surface area (Å²) >= 11 is 0. The summed E-state index contributed by atoms with van der Waals surface area (Å²) in [6, 6.07) is 0. The molecule has 7 heteroatoms. The Labute approximate surface area is 77.2 Å². The minimum absolute atomic E-state index is 0.0212. The van der Waals surface area contributed by atoms with E-state index in [4.69, 9.17) is 4.84 Å². The predicted molar refractivity (Wildman–Crippen MR) is 46.5 cm³/mol. The molecule has 0 amide bonds. The molecule has 1 heterocycles. The molecule has 0 radical (unpaired) electrons. The van der Waals surface area contributed by atoms with Crippen molar-refractivity contribution in [3.05, 3.63) is 0 Å². The lowest BCUT2D eigenvalue weighted by atomic mass is 10.5. The minimum atomic E-state index is -3.40. The van der Waals surface area contributed by atoms with Crippen molar-refractivity contribution in [2.24, 2.45) is 4.99 Å². The average Bonchev–Trinajstić information content (AvgIpc) is 2.24. The molecule has 0 fully saturated rings. The van der Waals surface area contributed by atoms with E-state index < -0.39 is 10.1 Å². The third-order valence-corrected chi connectivity index (χ3v) is 2.02. The summed E-state index contributed by atoms with van der Waals surface area (Å²) in [5, 5.41) is 1.44. The molecule has 76 valence electrons. The summed E-state index contributed by atoms with van der Waals surface area (Å²) in [6.07, 6.45) is 0.620. The van der Waals surface area contributed by atoms with Crippen molar-refractivity contribution in [2.45, 2.75) is 13.1 Å². The molecule has 0 aromatic rings. The Hall–Kier alpha value is -0.660. The maximum absolute atomic E-state index is 10.6. The Balaban J connectivity index is 2.47. The SMILES string of the molecule is CC1=NC(COS(C)(=O)=O)N(C)O1. The summed E-state index contributed by atoms with van der Waals surface area (Å²) < 4.78 is 25.9. The monoisotopic (exact) mass is 208 g/mol. The van der Waals surface area contributed by atoms with Gasteiger partial charge in [-0.25, -0.2) is 4.99 Å². The van der Waals surface area contributed by atoms with Crippen LogP contribution in [0.2, 0.25) is 0 Å². The van der Waals surface area contributed by atoms with E-state index >= 15 is 0 Å². The van der Waals surface area contributed by atoms with Crippen molar-refractivity contribution in [3.63, 3.8) is 0 Å². The minimum Gasteiger partial charge on any atom is -0.389 e. The molecule has 1 atom stereocenters. The second-order valence-electron chi connectivity index (χ2n) is 2.75. The number of rotatable bonds is 3. The summed E-state index contributed by atoms with van der Waals surface area (Å²) in [7, 11) is -1.74. The first-order valence-corrected chi connectivity index (χ1v) is 5.50. The molecule has 0 aromatic carbocycles. The summed E-state index contributed by atoms with van der Waals surface area (Å²) in [5.41, 5.74) is 0. The zero-order valence-electron chi connectivity index (χ0n) is 7.72. The fraction of sp³-hybridized carbons (Fsp3) is 0.833. The Kier molecular flexibility index (Phi) is 2.89. The molecule has 0 aliphatic carbocycles. The molecule has 0 bridgehead atoms. The summed E-state index contributed by atoms with van der Waals surface area (Å²) in [6.45, 7) is 1.67.